The number of guanidine groups is 1. The number of halogens is 1. The highest BCUT2D eigenvalue weighted by molar-refractivity contribution is 14.0. The third-order valence-corrected chi connectivity index (χ3v) is 5.32. The Hall–Kier alpha value is -1.37. The smallest absolute Gasteiger partial charge is 0.191 e. The van der Waals surface area contributed by atoms with E-state index in [1.54, 1.807) is 0 Å². The van der Waals surface area contributed by atoms with Gasteiger partial charge in [0.1, 0.15) is 0 Å². The molecule has 1 unspecified atom stereocenters. The summed E-state index contributed by atoms with van der Waals surface area (Å²) in [5.74, 6) is 1.60. The molecule has 2 heterocycles. The lowest BCUT2D eigenvalue weighted by Crippen LogP contribution is -2.49. The molecule has 0 saturated carbocycles. The molecule has 28 heavy (non-hydrogen) atoms. The summed E-state index contributed by atoms with van der Waals surface area (Å²) in [5.41, 5.74) is 1.79. The fourth-order valence-electron chi connectivity index (χ4n) is 3.72. The number of ether oxygens (including phenoxy) is 1. The van der Waals surface area contributed by atoms with Crippen LogP contribution in [0.5, 0.6) is 0 Å². The van der Waals surface area contributed by atoms with Crippen LogP contribution in [0.3, 0.4) is 0 Å². The molecule has 0 bridgehead atoms. The maximum atomic E-state index is 8.89. The fourth-order valence-corrected chi connectivity index (χ4v) is 3.72. The summed E-state index contributed by atoms with van der Waals surface area (Å²) in [6.45, 7) is 8.88. The molecule has 1 atom stereocenters. The first-order valence-corrected chi connectivity index (χ1v) is 10.1. The van der Waals surface area contributed by atoms with Crippen molar-refractivity contribution >= 4 is 29.9 Å². The van der Waals surface area contributed by atoms with E-state index in [0.717, 1.165) is 63.1 Å². The van der Waals surface area contributed by atoms with Gasteiger partial charge >= 0.3 is 0 Å². The van der Waals surface area contributed by atoms with Crippen molar-refractivity contribution in [3.05, 3.63) is 35.4 Å². The number of benzene rings is 1. The Morgan fingerprint density at radius 2 is 2.00 bits per heavy atom. The molecular weight excluding hydrogens is 465 g/mol. The van der Waals surface area contributed by atoms with E-state index in [1.165, 1.54) is 13.0 Å². The number of hydrogen-bond donors (Lipinski definition) is 2. The van der Waals surface area contributed by atoms with Crippen LogP contribution >= 0.6 is 24.0 Å². The van der Waals surface area contributed by atoms with Crippen LogP contribution < -0.4 is 10.6 Å². The van der Waals surface area contributed by atoms with Crippen molar-refractivity contribution < 1.29 is 4.74 Å². The minimum absolute atomic E-state index is 0. The summed E-state index contributed by atoms with van der Waals surface area (Å²) in [6.07, 6.45) is 3.51. The molecule has 1 aromatic carbocycles. The first-order valence-electron chi connectivity index (χ1n) is 10.1. The van der Waals surface area contributed by atoms with Crippen molar-refractivity contribution in [2.75, 3.05) is 39.4 Å². The molecule has 6 nitrogen and oxygen atoms in total. The third kappa shape index (κ3) is 7.22. The molecule has 0 aliphatic carbocycles. The second-order valence-corrected chi connectivity index (χ2v) is 7.45. The molecule has 2 aliphatic rings. The number of likely N-dealkylation sites (tertiary alicyclic amines) is 1. The van der Waals surface area contributed by atoms with Gasteiger partial charge in [0.05, 0.1) is 24.8 Å². The summed E-state index contributed by atoms with van der Waals surface area (Å²) < 4.78 is 5.50. The van der Waals surface area contributed by atoms with E-state index in [1.807, 2.05) is 24.3 Å². The molecule has 0 amide bonds. The average Bonchev–Trinajstić information content (AvgIpc) is 3.21. The van der Waals surface area contributed by atoms with Crippen molar-refractivity contribution in [1.29, 1.82) is 5.26 Å². The third-order valence-electron chi connectivity index (χ3n) is 5.32. The molecule has 154 valence electrons. The number of nitrogens with one attached hydrogen (secondary N) is 2. The second kappa shape index (κ2) is 12.2. The van der Waals surface area contributed by atoms with Gasteiger partial charge in [0.15, 0.2) is 5.96 Å². The maximum absolute atomic E-state index is 8.89. The molecule has 0 spiro atoms. The summed E-state index contributed by atoms with van der Waals surface area (Å²) in [5, 5.41) is 15.8. The molecule has 0 aromatic heterocycles. The van der Waals surface area contributed by atoms with Crippen LogP contribution in [-0.2, 0) is 11.3 Å². The van der Waals surface area contributed by atoms with E-state index in [9.17, 15) is 0 Å². The topological polar surface area (TPSA) is 72.7 Å². The van der Waals surface area contributed by atoms with Gasteiger partial charge in [-0.3, -0.25) is 0 Å². The van der Waals surface area contributed by atoms with E-state index < -0.39 is 0 Å². The molecule has 3 rings (SSSR count). The predicted molar refractivity (Wildman–Crippen MR) is 123 cm³/mol. The van der Waals surface area contributed by atoms with Crippen molar-refractivity contribution in [3.8, 4) is 6.07 Å². The summed E-state index contributed by atoms with van der Waals surface area (Å²) in [7, 11) is 0. The lowest BCUT2D eigenvalue weighted by Gasteiger charge is -2.34. The number of nitrogens with zero attached hydrogens (tertiary/aromatic N) is 3. The Balaban J connectivity index is 0.00000280. The normalized spacial score (nSPS) is 21.0. The Kier molecular flexibility index (Phi) is 10.0. The number of rotatable bonds is 6. The van der Waals surface area contributed by atoms with Gasteiger partial charge in [0.2, 0.25) is 0 Å². The van der Waals surface area contributed by atoms with E-state index in [4.69, 9.17) is 15.0 Å². The standard InChI is InChI=1S/C21H31N5O.HI/c1-2-23-21(24-14-18-5-3-17(13-22)4-6-18)25-20-7-10-26(11-8-20)15-19-9-12-27-16-19;/h3-6,19-20H,2,7-12,14-16H2,1H3,(H2,23,24,25);1H. The Bertz CT molecular complexity index is 644. The fraction of sp³-hybridized carbons (Fsp3) is 0.619. The zero-order valence-electron chi connectivity index (χ0n) is 16.7. The highest BCUT2D eigenvalue weighted by Gasteiger charge is 2.24. The highest BCUT2D eigenvalue weighted by atomic mass is 127. The molecule has 0 radical (unpaired) electrons. The summed E-state index contributed by atoms with van der Waals surface area (Å²) in [4.78, 5) is 7.30. The van der Waals surface area contributed by atoms with Gasteiger partial charge in [0.25, 0.3) is 0 Å². The first-order chi connectivity index (χ1) is 13.3. The Morgan fingerprint density at radius 3 is 2.61 bits per heavy atom. The average molecular weight is 497 g/mol. The van der Waals surface area contributed by atoms with Crippen LogP contribution in [0.2, 0.25) is 0 Å². The van der Waals surface area contributed by atoms with Crippen LogP contribution in [0.4, 0.5) is 0 Å². The van der Waals surface area contributed by atoms with Crippen molar-refractivity contribution in [1.82, 2.24) is 15.5 Å². The molecule has 1 aromatic rings. The SMILES string of the molecule is CCNC(=NCc1ccc(C#N)cc1)NC1CCN(CC2CCOC2)CC1.I. The number of nitriles is 1. The molecular formula is C21H32IN5O. The molecule has 7 heteroatoms. The molecule has 2 aliphatic heterocycles. The number of hydrogen-bond acceptors (Lipinski definition) is 4. The first kappa shape index (κ1) is 22.9. The van der Waals surface area contributed by atoms with Gasteiger partial charge in [-0.15, -0.1) is 24.0 Å². The second-order valence-electron chi connectivity index (χ2n) is 7.45. The Labute approximate surface area is 185 Å². The van der Waals surface area contributed by atoms with Crippen LogP contribution in [0.25, 0.3) is 0 Å². The van der Waals surface area contributed by atoms with Crippen LogP contribution in [0, 0.1) is 17.2 Å². The summed E-state index contributed by atoms with van der Waals surface area (Å²) in [6, 6.07) is 10.2. The quantitative estimate of drug-likeness (QED) is 0.360. The number of aliphatic imine (C=N–C) groups is 1. The van der Waals surface area contributed by atoms with E-state index in [0.29, 0.717) is 18.2 Å². The van der Waals surface area contributed by atoms with Crippen molar-refractivity contribution in [3.63, 3.8) is 0 Å². The monoisotopic (exact) mass is 497 g/mol. The van der Waals surface area contributed by atoms with Gasteiger partial charge in [-0.25, -0.2) is 4.99 Å². The zero-order valence-corrected chi connectivity index (χ0v) is 19.0. The lowest BCUT2D eigenvalue weighted by atomic mass is 10.0. The van der Waals surface area contributed by atoms with Gasteiger partial charge in [0, 0.05) is 38.8 Å². The maximum Gasteiger partial charge on any atom is 0.191 e. The van der Waals surface area contributed by atoms with E-state index in [-0.39, 0.29) is 24.0 Å². The van der Waals surface area contributed by atoms with E-state index >= 15 is 0 Å². The van der Waals surface area contributed by atoms with Crippen LogP contribution in [-0.4, -0.2) is 56.3 Å². The minimum Gasteiger partial charge on any atom is -0.381 e. The van der Waals surface area contributed by atoms with Gasteiger partial charge in [-0.1, -0.05) is 12.1 Å². The molecule has 2 fully saturated rings. The minimum atomic E-state index is 0. The highest BCUT2D eigenvalue weighted by Crippen LogP contribution is 2.17. The number of piperidine rings is 1. The largest absolute Gasteiger partial charge is 0.381 e. The van der Waals surface area contributed by atoms with Gasteiger partial charge in [-0.2, -0.15) is 5.26 Å². The lowest BCUT2D eigenvalue weighted by molar-refractivity contribution is 0.150. The summed E-state index contributed by atoms with van der Waals surface area (Å²) >= 11 is 0. The Morgan fingerprint density at radius 1 is 1.25 bits per heavy atom. The van der Waals surface area contributed by atoms with Gasteiger partial charge in [-0.05, 0) is 49.8 Å². The molecule has 2 N–H and O–H groups in total. The van der Waals surface area contributed by atoms with Gasteiger partial charge < -0.3 is 20.3 Å². The predicted octanol–water partition coefficient (Wildman–Crippen LogP) is 2.73. The van der Waals surface area contributed by atoms with Crippen molar-refractivity contribution in [2.45, 2.75) is 38.8 Å². The van der Waals surface area contributed by atoms with Crippen molar-refractivity contribution in [2.24, 2.45) is 10.9 Å². The molecule has 2 saturated heterocycles. The van der Waals surface area contributed by atoms with E-state index in [2.05, 4.69) is 28.5 Å². The van der Waals surface area contributed by atoms with Crippen LogP contribution in [0.15, 0.2) is 29.3 Å². The van der Waals surface area contributed by atoms with Crippen LogP contribution in [0.1, 0.15) is 37.3 Å². The zero-order chi connectivity index (χ0) is 18.9.